The number of furan rings is 1. The molecule has 0 radical (unpaired) electrons. The van der Waals surface area contributed by atoms with E-state index in [1.165, 1.54) is 120 Å². The van der Waals surface area contributed by atoms with Gasteiger partial charge in [0.15, 0.2) is 0 Å². The Morgan fingerprint density at radius 2 is 1.24 bits per heavy atom. The third kappa shape index (κ3) is 4.68. The van der Waals surface area contributed by atoms with Gasteiger partial charge in [-0.05, 0) is 172 Å². The van der Waals surface area contributed by atoms with Crippen molar-refractivity contribution in [3.05, 3.63) is 142 Å². The Bertz CT molecular complexity index is 3300. The van der Waals surface area contributed by atoms with E-state index < -0.39 is 0 Å². The van der Waals surface area contributed by atoms with Crippen LogP contribution in [0.4, 0.5) is 28.4 Å². The highest BCUT2D eigenvalue weighted by Gasteiger charge is 2.63. The number of benzene rings is 6. The summed E-state index contributed by atoms with van der Waals surface area (Å²) in [6.07, 6.45) is 12.6. The van der Waals surface area contributed by atoms with Crippen molar-refractivity contribution in [2.75, 3.05) is 9.80 Å². The Hall–Kier alpha value is -5.22. The fourth-order valence-corrected chi connectivity index (χ4v) is 16.5. The third-order valence-electron chi connectivity index (χ3n) is 20.5. The summed E-state index contributed by atoms with van der Waals surface area (Å²) >= 11 is 0. The highest BCUT2D eigenvalue weighted by molar-refractivity contribution is 6.99. The van der Waals surface area contributed by atoms with Gasteiger partial charge in [0.1, 0.15) is 11.2 Å². The molecule has 1 aromatic heterocycles. The van der Waals surface area contributed by atoms with Crippen LogP contribution in [0.15, 0.2) is 108 Å². The van der Waals surface area contributed by atoms with Gasteiger partial charge in [0.2, 0.25) is 6.71 Å². The van der Waals surface area contributed by atoms with Crippen molar-refractivity contribution in [3.8, 4) is 0 Å². The Labute approximate surface area is 393 Å². The summed E-state index contributed by atoms with van der Waals surface area (Å²) in [5.41, 5.74) is 24.5. The van der Waals surface area contributed by atoms with Crippen LogP contribution in [-0.4, -0.2) is 12.3 Å². The lowest BCUT2D eigenvalue weighted by Gasteiger charge is -2.51. The predicted molar refractivity (Wildman–Crippen MR) is 278 cm³/mol. The molecule has 4 heterocycles. The molecule has 5 atom stereocenters. The van der Waals surface area contributed by atoms with Crippen LogP contribution >= 0.6 is 0 Å². The molecule has 2 fully saturated rings. The van der Waals surface area contributed by atoms with E-state index in [1.54, 1.807) is 38.8 Å². The minimum absolute atomic E-state index is 0.0425. The number of anilines is 5. The molecule has 7 aliphatic rings. The molecule has 0 spiro atoms. The van der Waals surface area contributed by atoms with Crippen molar-refractivity contribution in [2.45, 2.75) is 160 Å². The standard InChI is InChI=1S/C62H65BN2O/c1-37-31-42-55-54-43(59(6)25-12-13-27-61(55,59)8)18-16-19-48(54)63-47-23-21-39(34-50(47)64(51(32-37)56(42)63)38-22-24-53-41(33-38)40-17-10-11-20-52(40)66-53)65-49-36-45-44(57(2,3)29-30-58(45,4)5)35-46(49)60(7)26-14-15-28-62(60,65)9/h10-11,16-24,31-36,55H,12-15,25-30H2,1-9H3. The van der Waals surface area contributed by atoms with Crippen LogP contribution in [0.25, 0.3) is 21.9 Å². The van der Waals surface area contributed by atoms with E-state index in [-0.39, 0.29) is 39.3 Å². The van der Waals surface area contributed by atoms with E-state index in [1.807, 2.05) is 0 Å². The van der Waals surface area contributed by atoms with Crippen molar-refractivity contribution in [3.63, 3.8) is 0 Å². The largest absolute Gasteiger partial charge is 0.456 e. The van der Waals surface area contributed by atoms with Crippen LogP contribution in [-0.2, 0) is 21.7 Å². The van der Waals surface area contributed by atoms with Gasteiger partial charge in [0.05, 0.1) is 5.54 Å². The summed E-state index contributed by atoms with van der Waals surface area (Å²) < 4.78 is 6.49. The van der Waals surface area contributed by atoms with Crippen LogP contribution in [0.5, 0.6) is 0 Å². The molecule has 0 amide bonds. The molecule has 14 rings (SSSR count). The molecular weight excluding hydrogens is 800 g/mol. The first-order chi connectivity index (χ1) is 31.6. The van der Waals surface area contributed by atoms with Gasteiger partial charge < -0.3 is 14.2 Å². The first-order valence-corrected chi connectivity index (χ1v) is 25.7. The summed E-state index contributed by atoms with van der Waals surface area (Å²) in [7, 11) is 0. The molecule has 3 nitrogen and oxygen atoms in total. The van der Waals surface area contributed by atoms with Gasteiger partial charge in [-0.25, -0.2) is 0 Å². The molecule has 332 valence electrons. The van der Waals surface area contributed by atoms with Gasteiger partial charge in [0, 0.05) is 50.5 Å². The van der Waals surface area contributed by atoms with Gasteiger partial charge in [-0.15, -0.1) is 0 Å². The summed E-state index contributed by atoms with van der Waals surface area (Å²) in [5, 5.41) is 2.35. The predicted octanol–water partition coefficient (Wildman–Crippen LogP) is 14.6. The van der Waals surface area contributed by atoms with Crippen LogP contribution < -0.4 is 26.2 Å². The molecule has 2 saturated carbocycles. The van der Waals surface area contributed by atoms with E-state index in [9.17, 15) is 0 Å². The van der Waals surface area contributed by atoms with Crippen LogP contribution in [0.2, 0.25) is 0 Å². The average Bonchev–Trinajstić information content (AvgIpc) is 3.85. The lowest BCUT2D eigenvalue weighted by molar-refractivity contribution is 0.0926. The van der Waals surface area contributed by atoms with Gasteiger partial charge in [0.25, 0.3) is 0 Å². The van der Waals surface area contributed by atoms with Crippen molar-refractivity contribution in [1.29, 1.82) is 0 Å². The van der Waals surface area contributed by atoms with Crippen LogP contribution in [0.3, 0.4) is 0 Å². The van der Waals surface area contributed by atoms with Crippen LogP contribution in [0, 0.1) is 12.3 Å². The minimum Gasteiger partial charge on any atom is -0.456 e. The summed E-state index contributed by atoms with van der Waals surface area (Å²) in [6.45, 7) is 23.1. The van der Waals surface area contributed by atoms with Crippen molar-refractivity contribution in [1.82, 2.24) is 0 Å². The molecule has 0 saturated heterocycles. The molecule has 4 heteroatoms. The Morgan fingerprint density at radius 3 is 2.06 bits per heavy atom. The van der Waals surface area contributed by atoms with Gasteiger partial charge >= 0.3 is 0 Å². The number of aryl methyl sites for hydroxylation is 1. The zero-order valence-corrected chi connectivity index (χ0v) is 40.8. The van der Waals surface area contributed by atoms with E-state index in [2.05, 4.69) is 175 Å². The fourth-order valence-electron chi connectivity index (χ4n) is 16.5. The SMILES string of the molecule is Cc1cc2c3c(c1)N(c1ccc4oc5ccccc5c4c1)c1cc(N4c5cc6c(cc5C5(C)CCCCC45C)C(C)(C)CCC6(C)C)ccc1B3c1cccc3c1C2C1(C)CCCCC31C. The maximum absolute atomic E-state index is 6.49. The highest BCUT2D eigenvalue weighted by atomic mass is 16.3. The smallest absolute Gasteiger partial charge is 0.247 e. The van der Waals surface area contributed by atoms with E-state index in [0.717, 1.165) is 11.2 Å². The zero-order valence-electron chi connectivity index (χ0n) is 40.8. The summed E-state index contributed by atoms with van der Waals surface area (Å²) in [5.74, 6) is 0.382. The molecule has 3 aliphatic heterocycles. The highest BCUT2D eigenvalue weighted by Crippen LogP contribution is 2.68. The molecule has 66 heavy (non-hydrogen) atoms. The monoisotopic (exact) mass is 865 g/mol. The van der Waals surface area contributed by atoms with Crippen molar-refractivity contribution in [2.24, 2.45) is 5.41 Å². The van der Waals surface area contributed by atoms with Gasteiger partial charge in [-0.2, -0.15) is 0 Å². The Balaban J connectivity index is 1.05. The first kappa shape index (κ1) is 39.9. The first-order valence-electron chi connectivity index (χ1n) is 25.7. The molecule has 7 aromatic rings. The number of para-hydroxylation sites is 1. The van der Waals surface area contributed by atoms with E-state index in [0.29, 0.717) is 5.92 Å². The van der Waals surface area contributed by atoms with E-state index >= 15 is 0 Å². The second-order valence-corrected chi connectivity index (χ2v) is 24.6. The number of fused-ring (bicyclic) bond motifs is 14. The topological polar surface area (TPSA) is 19.6 Å². The lowest BCUT2D eigenvalue weighted by atomic mass is 9.30. The second-order valence-electron chi connectivity index (χ2n) is 24.6. The van der Waals surface area contributed by atoms with Crippen molar-refractivity contribution < 1.29 is 4.42 Å². The molecule has 0 bridgehead atoms. The maximum atomic E-state index is 6.49. The number of rotatable bonds is 2. The normalized spacial score (nSPS) is 29.2. The third-order valence-corrected chi connectivity index (χ3v) is 20.5. The van der Waals surface area contributed by atoms with Crippen molar-refractivity contribution >= 4 is 73.5 Å². The molecular formula is C62H65BN2O. The number of hydrogen-bond donors (Lipinski definition) is 0. The Morgan fingerprint density at radius 1 is 0.530 bits per heavy atom. The average molecular weight is 865 g/mol. The Kier molecular flexibility index (Phi) is 7.65. The number of nitrogens with zero attached hydrogens (tertiary/aromatic N) is 2. The molecule has 5 unspecified atom stereocenters. The lowest BCUT2D eigenvalue weighted by Crippen LogP contribution is -2.62. The fraction of sp³-hybridized carbons (Fsp3) is 0.419. The second kappa shape index (κ2) is 12.7. The summed E-state index contributed by atoms with van der Waals surface area (Å²) in [6, 6.07) is 41.4. The molecule has 4 aliphatic carbocycles. The minimum atomic E-state index is -0.0602. The van der Waals surface area contributed by atoms with Crippen LogP contribution in [0.1, 0.15) is 164 Å². The number of hydrogen-bond acceptors (Lipinski definition) is 3. The zero-order chi connectivity index (χ0) is 45.1. The van der Waals surface area contributed by atoms with Gasteiger partial charge in [-0.3, -0.25) is 0 Å². The summed E-state index contributed by atoms with van der Waals surface area (Å²) in [4.78, 5) is 5.55. The van der Waals surface area contributed by atoms with E-state index in [4.69, 9.17) is 4.42 Å². The quantitative estimate of drug-likeness (QED) is 0.161. The molecule has 6 aromatic carbocycles. The molecule has 0 N–H and O–H groups in total. The van der Waals surface area contributed by atoms with Gasteiger partial charge in [-0.1, -0.05) is 134 Å². The maximum Gasteiger partial charge on any atom is 0.247 e.